The van der Waals surface area contributed by atoms with E-state index in [-0.39, 0.29) is 17.9 Å². The number of piperidine rings is 1. The Labute approximate surface area is 185 Å². The van der Waals surface area contributed by atoms with Gasteiger partial charge in [-0.15, -0.1) is 0 Å². The fraction of sp³-hybridized carbons (Fsp3) is 0.619. The van der Waals surface area contributed by atoms with Gasteiger partial charge in [-0.2, -0.15) is 12.6 Å². The van der Waals surface area contributed by atoms with E-state index in [4.69, 9.17) is 0 Å². The number of thiol groups is 2. The lowest BCUT2D eigenvalue weighted by Gasteiger charge is -2.33. The standard InChI is InChI=1S/C21H34N4O2S2/c1-2-25(29)21(27)10-13-24(14-15-28)17-20(26)22-19-8-11-23(12-9-19)16-18-6-4-3-5-7-18/h3-7,19,28-29H,2,8-17H2,1H3,(H,22,26). The molecule has 0 aliphatic carbocycles. The molecular formula is C21H34N4O2S2. The van der Waals surface area contributed by atoms with Crippen molar-refractivity contribution in [2.24, 2.45) is 0 Å². The summed E-state index contributed by atoms with van der Waals surface area (Å²) in [5.74, 6) is 0.655. The number of nitrogens with one attached hydrogen (secondary N) is 1. The van der Waals surface area contributed by atoms with Crippen LogP contribution in [0.2, 0.25) is 0 Å². The predicted molar refractivity (Wildman–Crippen MR) is 124 cm³/mol. The van der Waals surface area contributed by atoms with Gasteiger partial charge in [0.15, 0.2) is 0 Å². The Morgan fingerprint density at radius 2 is 1.86 bits per heavy atom. The molecule has 1 aromatic rings. The van der Waals surface area contributed by atoms with Gasteiger partial charge in [-0.05, 0) is 25.3 Å². The quantitative estimate of drug-likeness (QED) is 0.463. The molecule has 0 saturated carbocycles. The zero-order valence-electron chi connectivity index (χ0n) is 17.3. The van der Waals surface area contributed by atoms with Crippen molar-refractivity contribution in [3.05, 3.63) is 35.9 Å². The topological polar surface area (TPSA) is 55.9 Å². The monoisotopic (exact) mass is 438 g/mol. The van der Waals surface area contributed by atoms with Crippen molar-refractivity contribution < 1.29 is 9.59 Å². The number of carbonyl (C=O) groups is 2. The number of hydrogen-bond donors (Lipinski definition) is 3. The molecule has 0 radical (unpaired) electrons. The summed E-state index contributed by atoms with van der Waals surface area (Å²) in [6.07, 6.45) is 2.29. The van der Waals surface area contributed by atoms with Crippen LogP contribution in [0.1, 0.15) is 31.7 Å². The first-order valence-corrected chi connectivity index (χ1v) is 11.4. The Morgan fingerprint density at radius 1 is 1.17 bits per heavy atom. The molecule has 8 heteroatoms. The lowest BCUT2D eigenvalue weighted by Crippen LogP contribution is -2.47. The minimum Gasteiger partial charge on any atom is -0.352 e. The van der Waals surface area contributed by atoms with Crippen LogP contribution in [0.25, 0.3) is 0 Å². The number of amides is 2. The molecule has 1 aromatic carbocycles. The fourth-order valence-electron chi connectivity index (χ4n) is 3.52. The largest absolute Gasteiger partial charge is 0.352 e. The molecule has 2 rings (SSSR count). The lowest BCUT2D eigenvalue weighted by atomic mass is 10.0. The zero-order chi connectivity index (χ0) is 21.1. The van der Waals surface area contributed by atoms with Gasteiger partial charge >= 0.3 is 0 Å². The van der Waals surface area contributed by atoms with Crippen molar-refractivity contribution in [1.82, 2.24) is 19.4 Å². The fourth-order valence-corrected chi connectivity index (χ4v) is 3.91. The van der Waals surface area contributed by atoms with Crippen LogP contribution in [0.4, 0.5) is 0 Å². The molecule has 0 spiro atoms. The maximum absolute atomic E-state index is 12.5. The van der Waals surface area contributed by atoms with Gasteiger partial charge in [0.1, 0.15) is 0 Å². The number of rotatable bonds is 11. The number of nitrogens with zero attached hydrogens (tertiary/aromatic N) is 3. The summed E-state index contributed by atoms with van der Waals surface area (Å²) >= 11 is 8.42. The Balaban J connectivity index is 1.71. The molecule has 29 heavy (non-hydrogen) atoms. The molecule has 2 amide bonds. The van der Waals surface area contributed by atoms with E-state index < -0.39 is 0 Å². The van der Waals surface area contributed by atoms with E-state index in [1.807, 2.05) is 17.9 Å². The van der Waals surface area contributed by atoms with Crippen LogP contribution in [0.15, 0.2) is 30.3 Å². The first kappa shape index (κ1) is 24.1. The van der Waals surface area contributed by atoms with Crippen molar-refractivity contribution in [3.63, 3.8) is 0 Å². The van der Waals surface area contributed by atoms with E-state index in [2.05, 4.69) is 59.9 Å². The van der Waals surface area contributed by atoms with Gasteiger partial charge in [-0.1, -0.05) is 43.1 Å². The van der Waals surface area contributed by atoms with Crippen LogP contribution >= 0.6 is 25.4 Å². The zero-order valence-corrected chi connectivity index (χ0v) is 19.1. The SMILES string of the molecule is CCN(S)C(=O)CCN(CCS)CC(=O)NC1CCN(Cc2ccccc2)CC1. The summed E-state index contributed by atoms with van der Waals surface area (Å²) in [7, 11) is 0. The van der Waals surface area contributed by atoms with Crippen molar-refractivity contribution in [2.75, 3.05) is 45.0 Å². The first-order valence-electron chi connectivity index (χ1n) is 10.4. The average Bonchev–Trinajstić information content (AvgIpc) is 2.73. The highest BCUT2D eigenvalue weighted by molar-refractivity contribution is 7.80. The second-order valence-corrected chi connectivity index (χ2v) is 8.39. The number of carbonyl (C=O) groups excluding carboxylic acids is 2. The Morgan fingerprint density at radius 3 is 2.48 bits per heavy atom. The minimum atomic E-state index is -0.0220. The maximum Gasteiger partial charge on any atom is 0.234 e. The Hall–Kier alpha value is -1.22. The smallest absolute Gasteiger partial charge is 0.234 e. The summed E-state index contributed by atoms with van der Waals surface area (Å²) in [5.41, 5.74) is 1.33. The highest BCUT2D eigenvalue weighted by Gasteiger charge is 2.22. The molecule has 1 saturated heterocycles. The molecule has 1 aliphatic heterocycles. The van der Waals surface area contributed by atoms with Gasteiger partial charge in [0, 0.05) is 57.5 Å². The molecule has 6 nitrogen and oxygen atoms in total. The Kier molecular flexibility index (Phi) is 10.9. The van der Waals surface area contributed by atoms with Crippen molar-refractivity contribution in [1.29, 1.82) is 0 Å². The number of hydrogen-bond acceptors (Lipinski definition) is 6. The Bertz CT molecular complexity index is 624. The lowest BCUT2D eigenvalue weighted by molar-refractivity contribution is -0.127. The summed E-state index contributed by atoms with van der Waals surface area (Å²) < 4.78 is 1.40. The molecule has 1 aliphatic rings. The van der Waals surface area contributed by atoms with Crippen LogP contribution in [0.5, 0.6) is 0 Å². The summed E-state index contributed by atoms with van der Waals surface area (Å²) in [5, 5.41) is 3.17. The molecule has 0 unspecified atom stereocenters. The second kappa shape index (κ2) is 13.2. The van der Waals surface area contributed by atoms with Crippen molar-refractivity contribution in [3.8, 4) is 0 Å². The summed E-state index contributed by atoms with van der Waals surface area (Å²) in [4.78, 5) is 28.9. The van der Waals surface area contributed by atoms with E-state index in [1.165, 1.54) is 9.87 Å². The van der Waals surface area contributed by atoms with Crippen molar-refractivity contribution in [2.45, 2.75) is 38.8 Å². The minimum absolute atomic E-state index is 0.0220. The van der Waals surface area contributed by atoms with Crippen LogP contribution in [-0.4, -0.2) is 77.0 Å². The summed E-state index contributed by atoms with van der Waals surface area (Å²) in [6.45, 7) is 6.92. The molecule has 1 fully saturated rings. The maximum atomic E-state index is 12.5. The average molecular weight is 439 g/mol. The highest BCUT2D eigenvalue weighted by Crippen LogP contribution is 2.14. The molecule has 1 N–H and O–H groups in total. The van der Waals surface area contributed by atoms with E-state index in [0.29, 0.717) is 38.4 Å². The first-order chi connectivity index (χ1) is 14.0. The van der Waals surface area contributed by atoms with Crippen LogP contribution in [0, 0.1) is 0 Å². The van der Waals surface area contributed by atoms with Crippen LogP contribution in [-0.2, 0) is 16.1 Å². The predicted octanol–water partition coefficient (Wildman–Crippen LogP) is 2.08. The van der Waals surface area contributed by atoms with Crippen LogP contribution < -0.4 is 5.32 Å². The molecule has 0 aromatic heterocycles. The number of likely N-dealkylation sites (tertiary alicyclic amines) is 1. The van der Waals surface area contributed by atoms with Gasteiger partial charge < -0.3 is 5.32 Å². The molecule has 0 bridgehead atoms. The van der Waals surface area contributed by atoms with Gasteiger partial charge in [0.25, 0.3) is 0 Å². The second-order valence-electron chi connectivity index (χ2n) is 7.46. The van der Waals surface area contributed by atoms with Gasteiger partial charge in [-0.3, -0.25) is 23.7 Å². The normalized spacial score (nSPS) is 15.4. The highest BCUT2D eigenvalue weighted by atomic mass is 32.1. The third-order valence-electron chi connectivity index (χ3n) is 5.21. The third kappa shape index (κ3) is 8.99. The van der Waals surface area contributed by atoms with Gasteiger partial charge in [-0.25, -0.2) is 0 Å². The molecule has 0 atom stereocenters. The molecular weight excluding hydrogens is 404 g/mol. The number of benzene rings is 1. The van der Waals surface area contributed by atoms with Gasteiger partial charge in [0.2, 0.25) is 11.8 Å². The van der Waals surface area contributed by atoms with E-state index >= 15 is 0 Å². The molecule has 1 heterocycles. The van der Waals surface area contributed by atoms with E-state index in [9.17, 15) is 9.59 Å². The van der Waals surface area contributed by atoms with E-state index in [0.717, 1.165) is 32.5 Å². The van der Waals surface area contributed by atoms with Crippen molar-refractivity contribution >= 4 is 37.3 Å². The molecule has 162 valence electrons. The van der Waals surface area contributed by atoms with Gasteiger partial charge in [0.05, 0.1) is 6.54 Å². The van der Waals surface area contributed by atoms with Crippen LogP contribution in [0.3, 0.4) is 0 Å². The van der Waals surface area contributed by atoms with E-state index in [1.54, 1.807) is 0 Å². The third-order valence-corrected chi connectivity index (χ3v) is 5.92. The summed E-state index contributed by atoms with van der Waals surface area (Å²) in [6, 6.07) is 10.7.